The summed E-state index contributed by atoms with van der Waals surface area (Å²) in [6, 6.07) is 17.2. The fourth-order valence-electron chi connectivity index (χ4n) is 4.57. The molecule has 0 bridgehead atoms. The fourth-order valence-corrected chi connectivity index (χ4v) is 5.11. The van der Waals surface area contributed by atoms with Crippen LogP contribution in [-0.2, 0) is 19.6 Å². The van der Waals surface area contributed by atoms with E-state index in [0.29, 0.717) is 48.0 Å². The van der Waals surface area contributed by atoms with E-state index in [4.69, 9.17) is 9.47 Å². The highest BCUT2D eigenvalue weighted by atomic mass is 32.1. The number of thiazole rings is 1. The van der Waals surface area contributed by atoms with Crippen LogP contribution in [0.2, 0.25) is 0 Å². The zero-order chi connectivity index (χ0) is 28.3. The van der Waals surface area contributed by atoms with Crippen LogP contribution in [0.15, 0.2) is 78.0 Å². The molecule has 1 amide bonds. The number of rotatable bonds is 9. The Morgan fingerprint density at radius 2 is 1.83 bits per heavy atom. The number of fused-ring (bicyclic) bond motifs is 2. The molecule has 206 valence electrons. The number of aromatic nitrogens is 3. The van der Waals surface area contributed by atoms with Crippen molar-refractivity contribution in [2.24, 2.45) is 0 Å². The van der Waals surface area contributed by atoms with Gasteiger partial charge in [0, 0.05) is 11.9 Å². The number of hydrogen-bond acceptors (Lipinski definition) is 9. The number of imidazole rings is 1. The van der Waals surface area contributed by atoms with Crippen molar-refractivity contribution < 1.29 is 19.2 Å². The highest BCUT2D eigenvalue weighted by Crippen LogP contribution is 2.37. The van der Waals surface area contributed by atoms with Gasteiger partial charge >= 0.3 is 5.82 Å². The van der Waals surface area contributed by atoms with Gasteiger partial charge in [0.2, 0.25) is 6.33 Å². The second kappa shape index (κ2) is 11.1. The number of aryl methyl sites for hydroxylation is 2. The van der Waals surface area contributed by atoms with E-state index in [1.54, 1.807) is 23.3 Å². The highest BCUT2D eigenvalue weighted by Gasteiger charge is 2.20. The van der Waals surface area contributed by atoms with Crippen LogP contribution in [0.4, 0.5) is 22.9 Å². The number of carbonyl (C=O) groups excluding carboxylic acids is 1. The van der Waals surface area contributed by atoms with Gasteiger partial charge in [0.05, 0.1) is 40.9 Å². The van der Waals surface area contributed by atoms with Crippen LogP contribution in [0.5, 0.6) is 11.5 Å². The summed E-state index contributed by atoms with van der Waals surface area (Å²) in [5.41, 5.74) is 8.03. The summed E-state index contributed by atoms with van der Waals surface area (Å²) in [6.45, 7) is 0.868. The molecule has 2 N–H and O–H groups in total. The smallest absolute Gasteiger partial charge is 0.381 e. The first-order chi connectivity index (χ1) is 20.0. The van der Waals surface area contributed by atoms with Gasteiger partial charge in [0.15, 0.2) is 11.5 Å². The first-order valence-corrected chi connectivity index (χ1v) is 13.6. The molecule has 3 heterocycles. The second-order valence-corrected chi connectivity index (χ2v) is 10.0. The summed E-state index contributed by atoms with van der Waals surface area (Å²) < 4.78 is 13.2. The van der Waals surface area contributed by atoms with Crippen LogP contribution in [0, 0.1) is 10.1 Å². The van der Waals surface area contributed by atoms with Crippen molar-refractivity contribution in [3.63, 3.8) is 0 Å². The van der Waals surface area contributed by atoms with Crippen LogP contribution < -0.4 is 20.1 Å². The molecule has 0 spiro atoms. The van der Waals surface area contributed by atoms with E-state index in [9.17, 15) is 14.9 Å². The number of ether oxygens (including phenoxy) is 2. The molecule has 0 radical (unpaired) electrons. The number of nitro groups is 1. The second-order valence-electron chi connectivity index (χ2n) is 9.33. The summed E-state index contributed by atoms with van der Waals surface area (Å²) in [5, 5.41) is 19.2. The summed E-state index contributed by atoms with van der Waals surface area (Å²) in [6.07, 6.45) is 3.46. The Morgan fingerprint density at radius 1 is 0.976 bits per heavy atom. The summed E-state index contributed by atoms with van der Waals surface area (Å²) >= 11 is 1.52. The molecule has 0 saturated carbocycles. The molecule has 0 atom stereocenters. The SMILES string of the molecule is COc1cc(-c2ccc3c(c2)Nc2ccc(CCn4cnc([N+](=O)[O-])c4)cc2NC3=O)ccc1OCc1cscn1. The molecule has 5 aromatic rings. The largest absolute Gasteiger partial charge is 0.493 e. The van der Waals surface area contributed by atoms with Crippen LogP contribution >= 0.6 is 11.3 Å². The minimum absolute atomic E-state index is 0.185. The lowest BCUT2D eigenvalue weighted by Crippen LogP contribution is -2.11. The topological polar surface area (TPSA) is 133 Å². The number of methoxy groups -OCH3 is 1. The standard InChI is InChI=1S/C29H24N6O5S/c1-39-27-12-20(4-7-26(27)40-14-21-15-41-17-31-21)19-3-5-22-24(11-19)32-23-6-2-18(10-25(23)33-29(22)36)8-9-34-13-28(30-16-34)35(37)38/h2-7,10-13,15-17,32H,8-9,14H2,1H3,(H,33,36). The Balaban J connectivity index is 1.20. The van der Waals surface area contributed by atoms with Gasteiger partial charge in [-0.1, -0.05) is 18.2 Å². The number of nitrogens with one attached hydrogen (secondary N) is 2. The fraction of sp³-hybridized carbons (Fsp3) is 0.138. The van der Waals surface area contributed by atoms with Gasteiger partial charge in [-0.15, -0.1) is 11.3 Å². The average molecular weight is 569 g/mol. The van der Waals surface area contributed by atoms with Crippen molar-refractivity contribution in [3.05, 3.63) is 105 Å². The molecule has 0 aliphatic carbocycles. The minimum Gasteiger partial charge on any atom is -0.493 e. The number of amides is 1. The molecular formula is C29H24N6O5S. The zero-order valence-electron chi connectivity index (χ0n) is 21.9. The number of carbonyl (C=O) groups is 1. The van der Waals surface area contributed by atoms with Gasteiger partial charge in [-0.05, 0) is 69.4 Å². The Bertz CT molecular complexity index is 1750. The lowest BCUT2D eigenvalue weighted by Gasteiger charge is -2.14. The predicted molar refractivity (Wildman–Crippen MR) is 155 cm³/mol. The van der Waals surface area contributed by atoms with Crippen LogP contribution in [0.1, 0.15) is 21.6 Å². The van der Waals surface area contributed by atoms with Crippen molar-refractivity contribution in [1.29, 1.82) is 0 Å². The maximum absolute atomic E-state index is 13.1. The lowest BCUT2D eigenvalue weighted by molar-refractivity contribution is -0.389. The van der Waals surface area contributed by atoms with E-state index in [1.807, 2.05) is 53.9 Å². The molecular weight excluding hydrogens is 544 g/mol. The monoisotopic (exact) mass is 568 g/mol. The maximum Gasteiger partial charge on any atom is 0.381 e. The molecule has 0 fully saturated rings. The third kappa shape index (κ3) is 5.58. The van der Waals surface area contributed by atoms with Gasteiger partial charge in [0.1, 0.15) is 12.8 Å². The first kappa shape index (κ1) is 26.0. The van der Waals surface area contributed by atoms with Gasteiger partial charge in [-0.2, -0.15) is 0 Å². The molecule has 11 nitrogen and oxygen atoms in total. The molecule has 6 rings (SSSR count). The van der Waals surface area contributed by atoms with E-state index >= 15 is 0 Å². The van der Waals surface area contributed by atoms with Crippen LogP contribution in [-0.4, -0.2) is 32.5 Å². The van der Waals surface area contributed by atoms with E-state index in [-0.39, 0.29) is 11.7 Å². The molecule has 0 saturated heterocycles. The molecule has 41 heavy (non-hydrogen) atoms. The Morgan fingerprint density at radius 3 is 2.61 bits per heavy atom. The van der Waals surface area contributed by atoms with E-state index < -0.39 is 4.92 Å². The third-order valence-corrected chi connectivity index (χ3v) is 7.32. The van der Waals surface area contributed by atoms with Crippen LogP contribution in [0.3, 0.4) is 0 Å². The van der Waals surface area contributed by atoms with Crippen LogP contribution in [0.25, 0.3) is 11.1 Å². The van der Waals surface area contributed by atoms with E-state index in [2.05, 4.69) is 20.6 Å². The number of benzene rings is 3. The number of hydrogen-bond donors (Lipinski definition) is 2. The maximum atomic E-state index is 13.1. The number of anilines is 3. The third-order valence-electron chi connectivity index (χ3n) is 6.69. The predicted octanol–water partition coefficient (Wildman–Crippen LogP) is 6.05. The molecule has 1 aliphatic heterocycles. The van der Waals surface area contributed by atoms with E-state index in [1.165, 1.54) is 23.9 Å². The minimum atomic E-state index is -0.519. The van der Waals surface area contributed by atoms with Crippen molar-refractivity contribution in [3.8, 4) is 22.6 Å². The molecule has 12 heteroatoms. The Hall–Kier alpha value is -5.23. The average Bonchev–Trinajstić information content (AvgIpc) is 3.66. The molecule has 3 aromatic carbocycles. The van der Waals surface area contributed by atoms with Crippen molar-refractivity contribution in [2.45, 2.75) is 19.6 Å². The molecule has 1 aliphatic rings. The quantitative estimate of drug-likeness (QED) is 0.162. The lowest BCUT2D eigenvalue weighted by atomic mass is 10.0. The highest BCUT2D eigenvalue weighted by molar-refractivity contribution is 7.07. The van der Waals surface area contributed by atoms with Gasteiger partial charge in [-0.3, -0.25) is 4.79 Å². The van der Waals surface area contributed by atoms with Crippen molar-refractivity contribution in [1.82, 2.24) is 14.5 Å². The van der Waals surface area contributed by atoms with Gasteiger partial charge in [0.25, 0.3) is 5.91 Å². The molecule has 2 aromatic heterocycles. The summed E-state index contributed by atoms with van der Waals surface area (Å²) in [5.74, 6) is 0.813. The first-order valence-electron chi connectivity index (χ1n) is 12.7. The Labute approximate surface area is 238 Å². The van der Waals surface area contributed by atoms with Gasteiger partial charge < -0.3 is 34.8 Å². The van der Waals surface area contributed by atoms with E-state index in [0.717, 1.165) is 28.1 Å². The van der Waals surface area contributed by atoms with Crippen molar-refractivity contribution >= 4 is 40.1 Å². The zero-order valence-corrected chi connectivity index (χ0v) is 22.7. The summed E-state index contributed by atoms with van der Waals surface area (Å²) in [4.78, 5) is 31.5. The van der Waals surface area contributed by atoms with Crippen molar-refractivity contribution in [2.75, 3.05) is 17.7 Å². The number of nitrogens with zero attached hydrogens (tertiary/aromatic N) is 4. The Kier molecular flexibility index (Phi) is 7.04. The summed E-state index contributed by atoms with van der Waals surface area (Å²) in [7, 11) is 1.60. The normalized spacial score (nSPS) is 12.0. The molecule has 0 unspecified atom stereocenters. The van der Waals surface area contributed by atoms with Gasteiger partial charge in [-0.25, -0.2) is 4.98 Å².